The average Bonchev–Trinajstić information content (AvgIpc) is 3.01. The first-order valence-electron chi connectivity index (χ1n) is 7.91. The highest BCUT2D eigenvalue weighted by Crippen LogP contribution is 2.29. The van der Waals surface area contributed by atoms with Gasteiger partial charge in [-0.05, 0) is 30.7 Å². The molecule has 1 aliphatic heterocycles. The smallest absolute Gasteiger partial charge is 0.319 e. The number of nitrogens with zero attached hydrogens (tertiary/aromatic N) is 3. The fraction of sp³-hybridized carbons (Fsp3) is 0.222. The lowest BCUT2D eigenvalue weighted by molar-refractivity contribution is -0.137. The maximum absolute atomic E-state index is 13.0. The highest BCUT2D eigenvalue weighted by atomic mass is 32.2. The number of pyridine rings is 1. The molecule has 7 heteroatoms. The molecule has 4 rings (SSSR count). The van der Waals surface area contributed by atoms with Crippen LogP contribution in [0.1, 0.15) is 12.0 Å². The second-order valence-electron chi connectivity index (χ2n) is 5.81. The molecule has 0 radical (unpaired) electrons. The number of hydrogen-bond donors (Lipinski definition) is 0. The van der Waals surface area contributed by atoms with E-state index in [1.54, 1.807) is 30.5 Å². The second-order valence-corrected chi connectivity index (χ2v) is 6.98. The molecule has 3 heterocycles. The van der Waals surface area contributed by atoms with E-state index in [4.69, 9.17) is 4.74 Å². The van der Waals surface area contributed by atoms with Crippen LogP contribution in [-0.2, 0) is 9.53 Å². The van der Waals surface area contributed by atoms with Crippen molar-refractivity contribution in [2.24, 2.45) is 0 Å². The first-order valence-corrected chi connectivity index (χ1v) is 8.79. The zero-order valence-corrected chi connectivity index (χ0v) is 14.3. The first kappa shape index (κ1) is 15.8. The van der Waals surface area contributed by atoms with Crippen molar-refractivity contribution in [3.8, 4) is 5.82 Å². The van der Waals surface area contributed by atoms with E-state index in [1.165, 1.54) is 16.3 Å². The van der Waals surface area contributed by atoms with Crippen molar-refractivity contribution in [3.05, 3.63) is 58.5 Å². The van der Waals surface area contributed by atoms with Crippen molar-refractivity contribution < 1.29 is 9.53 Å². The summed E-state index contributed by atoms with van der Waals surface area (Å²) >= 11 is 1.25. The molecule has 6 nitrogen and oxygen atoms in total. The predicted molar refractivity (Wildman–Crippen MR) is 95.1 cm³/mol. The summed E-state index contributed by atoms with van der Waals surface area (Å²) in [6.45, 7) is 2.33. The molecule has 2 aromatic heterocycles. The molecule has 25 heavy (non-hydrogen) atoms. The number of hydrogen-bond acceptors (Lipinski definition) is 6. The molecule has 1 atom stereocenters. The number of carbonyl (C=O) groups is 1. The van der Waals surface area contributed by atoms with E-state index in [2.05, 4.69) is 9.97 Å². The van der Waals surface area contributed by atoms with Gasteiger partial charge in [0.25, 0.3) is 5.56 Å². The monoisotopic (exact) mass is 353 g/mol. The quantitative estimate of drug-likeness (QED) is 0.532. The van der Waals surface area contributed by atoms with Crippen molar-refractivity contribution >= 4 is 28.6 Å². The number of esters is 1. The Bertz CT molecular complexity index is 1010. The number of cyclic esters (lactones) is 1. The van der Waals surface area contributed by atoms with E-state index >= 15 is 0 Å². The van der Waals surface area contributed by atoms with Crippen LogP contribution in [0.3, 0.4) is 0 Å². The average molecular weight is 353 g/mol. The topological polar surface area (TPSA) is 74.1 Å². The van der Waals surface area contributed by atoms with Gasteiger partial charge in [0, 0.05) is 12.6 Å². The van der Waals surface area contributed by atoms with E-state index in [-0.39, 0.29) is 16.8 Å². The summed E-state index contributed by atoms with van der Waals surface area (Å²) in [5.41, 5.74) is 1.40. The third-order valence-corrected chi connectivity index (χ3v) is 5.20. The van der Waals surface area contributed by atoms with Gasteiger partial charge >= 0.3 is 5.97 Å². The fourth-order valence-corrected chi connectivity index (χ4v) is 3.76. The summed E-state index contributed by atoms with van der Waals surface area (Å²) in [4.78, 5) is 33.9. The summed E-state index contributed by atoms with van der Waals surface area (Å²) in [5, 5.41) is 0.608. The molecule has 3 aromatic rings. The van der Waals surface area contributed by atoms with Crippen LogP contribution in [0.4, 0.5) is 0 Å². The lowest BCUT2D eigenvalue weighted by Crippen LogP contribution is -2.24. The molecular formula is C18H15N3O3S. The number of aromatic nitrogens is 3. The van der Waals surface area contributed by atoms with Gasteiger partial charge < -0.3 is 4.74 Å². The fourth-order valence-electron chi connectivity index (χ4n) is 2.70. The van der Waals surface area contributed by atoms with Crippen molar-refractivity contribution in [2.45, 2.75) is 23.8 Å². The second kappa shape index (κ2) is 6.33. The van der Waals surface area contributed by atoms with Crippen LogP contribution in [-0.4, -0.2) is 32.4 Å². The molecule has 1 fully saturated rings. The van der Waals surface area contributed by atoms with E-state index in [1.807, 2.05) is 19.1 Å². The summed E-state index contributed by atoms with van der Waals surface area (Å²) in [6, 6.07) is 10.8. The number of aryl methyl sites for hydroxylation is 1. The van der Waals surface area contributed by atoms with Gasteiger partial charge in [0.15, 0.2) is 5.16 Å². The van der Waals surface area contributed by atoms with Gasteiger partial charge in [0.05, 0.1) is 17.5 Å². The van der Waals surface area contributed by atoms with Crippen LogP contribution in [0.25, 0.3) is 16.7 Å². The number of rotatable bonds is 3. The van der Waals surface area contributed by atoms with Gasteiger partial charge in [-0.25, -0.2) is 14.5 Å². The minimum Gasteiger partial charge on any atom is -0.465 e. The number of para-hydroxylation sites is 1. The largest absolute Gasteiger partial charge is 0.465 e. The van der Waals surface area contributed by atoms with Gasteiger partial charge in [0.1, 0.15) is 11.1 Å². The van der Waals surface area contributed by atoms with Crippen molar-refractivity contribution in [1.29, 1.82) is 0 Å². The number of benzene rings is 1. The van der Waals surface area contributed by atoms with E-state index in [9.17, 15) is 9.59 Å². The Morgan fingerprint density at radius 1 is 1.20 bits per heavy atom. The van der Waals surface area contributed by atoms with Crippen LogP contribution in [0.5, 0.6) is 0 Å². The highest BCUT2D eigenvalue weighted by Gasteiger charge is 2.30. The standard InChI is InChI=1S/C18H15N3O3S/c1-11-6-7-15(19-10-11)21-16(22)12-4-2-3-5-13(12)20-18(21)25-14-8-9-24-17(14)23/h2-7,10,14H,8-9H2,1H3/t14-/m0/s1. The van der Waals surface area contributed by atoms with Crippen LogP contribution in [0.15, 0.2) is 52.5 Å². The molecular weight excluding hydrogens is 338 g/mol. The summed E-state index contributed by atoms with van der Waals surface area (Å²) in [5.74, 6) is 0.221. The Balaban J connectivity index is 1.92. The predicted octanol–water partition coefficient (Wildman–Crippen LogP) is 2.50. The molecule has 0 unspecified atom stereocenters. The Kier molecular flexibility index (Phi) is 4.01. The van der Waals surface area contributed by atoms with Crippen LogP contribution in [0.2, 0.25) is 0 Å². The molecule has 1 aliphatic rings. The van der Waals surface area contributed by atoms with Crippen molar-refractivity contribution in [2.75, 3.05) is 6.61 Å². The molecule has 0 saturated carbocycles. The number of fused-ring (bicyclic) bond motifs is 1. The Hall–Kier alpha value is -2.67. The Morgan fingerprint density at radius 2 is 2.04 bits per heavy atom. The minimum absolute atomic E-state index is 0.198. The highest BCUT2D eigenvalue weighted by molar-refractivity contribution is 8.00. The number of ether oxygens (including phenoxy) is 1. The van der Waals surface area contributed by atoms with E-state index < -0.39 is 0 Å². The molecule has 1 saturated heterocycles. The van der Waals surface area contributed by atoms with E-state index in [0.29, 0.717) is 34.9 Å². The minimum atomic E-state index is -0.357. The summed E-state index contributed by atoms with van der Waals surface area (Å²) in [6.07, 6.45) is 2.31. The van der Waals surface area contributed by atoms with Crippen molar-refractivity contribution in [3.63, 3.8) is 0 Å². The van der Waals surface area contributed by atoms with Crippen LogP contribution >= 0.6 is 11.8 Å². The molecule has 0 N–H and O–H groups in total. The van der Waals surface area contributed by atoms with E-state index in [0.717, 1.165) is 5.56 Å². The lowest BCUT2D eigenvalue weighted by Gasteiger charge is -2.14. The zero-order chi connectivity index (χ0) is 17.4. The lowest BCUT2D eigenvalue weighted by atomic mass is 10.2. The van der Waals surface area contributed by atoms with Gasteiger partial charge in [-0.1, -0.05) is 30.0 Å². The number of thioether (sulfide) groups is 1. The molecule has 0 spiro atoms. The molecule has 0 aliphatic carbocycles. The molecule has 126 valence electrons. The Labute approximate surface area is 147 Å². The number of carbonyl (C=O) groups excluding carboxylic acids is 1. The van der Waals surface area contributed by atoms with Gasteiger partial charge in [-0.3, -0.25) is 9.59 Å². The van der Waals surface area contributed by atoms with Gasteiger partial charge in [0.2, 0.25) is 0 Å². The third-order valence-electron chi connectivity index (χ3n) is 4.00. The zero-order valence-electron chi connectivity index (χ0n) is 13.5. The summed E-state index contributed by atoms with van der Waals surface area (Å²) in [7, 11) is 0. The maximum Gasteiger partial charge on any atom is 0.319 e. The first-order chi connectivity index (χ1) is 12.1. The van der Waals surface area contributed by atoms with Crippen molar-refractivity contribution in [1.82, 2.24) is 14.5 Å². The third kappa shape index (κ3) is 2.91. The van der Waals surface area contributed by atoms with Crippen LogP contribution < -0.4 is 5.56 Å². The molecule has 0 amide bonds. The normalized spacial score (nSPS) is 17.0. The maximum atomic E-state index is 13.0. The van der Waals surface area contributed by atoms with Gasteiger partial charge in [-0.2, -0.15) is 0 Å². The van der Waals surface area contributed by atoms with Crippen LogP contribution in [0, 0.1) is 6.92 Å². The Morgan fingerprint density at radius 3 is 2.76 bits per heavy atom. The van der Waals surface area contributed by atoms with Gasteiger partial charge in [-0.15, -0.1) is 0 Å². The summed E-state index contributed by atoms with van der Waals surface area (Å²) < 4.78 is 6.50. The SMILES string of the molecule is Cc1ccc(-n2c(S[C@H]3CCOC3=O)nc3ccccc3c2=O)nc1. The molecule has 0 bridgehead atoms. The molecule has 1 aromatic carbocycles.